The largest absolute Gasteiger partial charge is 0.479 e. The predicted octanol–water partition coefficient (Wildman–Crippen LogP) is 3.19. The molecule has 2 aromatic rings. The van der Waals surface area contributed by atoms with Gasteiger partial charge in [0, 0.05) is 19.4 Å². The molecular formula is C26H29N3O6. The fourth-order valence-electron chi connectivity index (χ4n) is 4.19. The zero-order chi connectivity index (χ0) is 25.2. The van der Waals surface area contributed by atoms with Crippen molar-refractivity contribution in [2.24, 2.45) is 0 Å². The van der Waals surface area contributed by atoms with Gasteiger partial charge < -0.3 is 25.2 Å². The van der Waals surface area contributed by atoms with Crippen LogP contribution in [0.5, 0.6) is 0 Å². The van der Waals surface area contributed by atoms with Crippen LogP contribution in [0.3, 0.4) is 0 Å². The maximum atomic E-state index is 12.7. The van der Waals surface area contributed by atoms with Crippen molar-refractivity contribution in [2.45, 2.75) is 43.7 Å². The van der Waals surface area contributed by atoms with Gasteiger partial charge in [-0.05, 0) is 41.5 Å². The Morgan fingerprint density at radius 2 is 1.69 bits per heavy atom. The van der Waals surface area contributed by atoms with E-state index in [9.17, 15) is 14.4 Å². The molecule has 1 aliphatic carbocycles. The van der Waals surface area contributed by atoms with Crippen LogP contribution in [0.4, 0.5) is 4.79 Å². The summed E-state index contributed by atoms with van der Waals surface area (Å²) in [6, 6.07) is 17.1. The normalized spacial score (nSPS) is 13.6. The summed E-state index contributed by atoms with van der Waals surface area (Å²) >= 11 is 0. The SMILES string of the molecule is COC(CNC(=O)C(CCCCC#N)NC(=O)OCC1c2ccccc2-c2ccccc21)C(=O)O. The van der Waals surface area contributed by atoms with Crippen molar-refractivity contribution in [3.05, 3.63) is 59.7 Å². The molecule has 2 atom stereocenters. The van der Waals surface area contributed by atoms with Crippen LogP contribution in [0.25, 0.3) is 11.1 Å². The number of carboxylic acids is 1. The smallest absolute Gasteiger partial charge is 0.407 e. The van der Waals surface area contributed by atoms with E-state index < -0.39 is 30.1 Å². The third-order valence-electron chi connectivity index (χ3n) is 6.01. The molecule has 0 radical (unpaired) electrons. The molecule has 0 saturated heterocycles. The second-order valence-electron chi connectivity index (χ2n) is 8.23. The number of amides is 2. The molecule has 0 spiro atoms. The van der Waals surface area contributed by atoms with Crippen LogP contribution in [0, 0.1) is 11.3 Å². The Balaban J connectivity index is 1.62. The number of ether oxygens (including phenoxy) is 2. The first-order chi connectivity index (χ1) is 17.0. The van der Waals surface area contributed by atoms with Crippen LogP contribution < -0.4 is 10.6 Å². The van der Waals surface area contributed by atoms with Gasteiger partial charge in [0.05, 0.1) is 12.6 Å². The fraction of sp³-hybridized carbons (Fsp3) is 0.385. The van der Waals surface area contributed by atoms with Crippen molar-refractivity contribution in [3.63, 3.8) is 0 Å². The lowest BCUT2D eigenvalue weighted by atomic mass is 9.98. The number of methoxy groups -OCH3 is 1. The summed E-state index contributed by atoms with van der Waals surface area (Å²) in [6.07, 6.45) is -0.224. The fourth-order valence-corrected chi connectivity index (χ4v) is 4.19. The van der Waals surface area contributed by atoms with E-state index in [0.717, 1.165) is 22.3 Å². The number of nitriles is 1. The number of nitrogens with zero attached hydrogens (tertiary/aromatic N) is 1. The number of carboxylic acid groups (broad SMARTS) is 1. The van der Waals surface area contributed by atoms with Gasteiger partial charge in [0.1, 0.15) is 12.6 Å². The summed E-state index contributed by atoms with van der Waals surface area (Å²) in [5.74, 6) is -1.87. The highest BCUT2D eigenvalue weighted by molar-refractivity contribution is 5.86. The lowest BCUT2D eigenvalue weighted by molar-refractivity contribution is -0.148. The van der Waals surface area contributed by atoms with Crippen LogP contribution in [-0.4, -0.2) is 55.5 Å². The van der Waals surface area contributed by atoms with Crippen LogP contribution >= 0.6 is 0 Å². The molecule has 1 aliphatic rings. The maximum absolute atomic E-state index is 12.7. The van der Waals surface area contributed by atoms with Gasteiger partial charge in [-0.15, -0.1) is 0 Å². The Kier molecular flexibility index (Phi) is 9.21. The average Bonchev–Trinajstić information content (AvgIpc) is 3.18. The van der Waals surface area contributed by atoms with Gasteiger partial charge in [-0.25, -0.2) is 9.59 Å². The molecule has 2 unspecified atom stereocenters. The van der Waals surface area contributed by atoms with Gasteiger partial charge in [0.25, 0.3) is 0 Å². The number of aliphatic carboxylic acids is 1. The van der Waals surface area contributed by atoms with Gasteiger partial charge in [-0.2, -0.15) is 5.26 Å². The molecule has 2 aromatic carbocycles. The minimum Gasteiger partial charge on any atom is -0.479 e. The number of carbonyl (C=O) groups excluding carboxylic acids is 2. The first kappa shape index (κ1) is 25.7. The Bertz CT molecular complexity index is 1050. The number of nitrogens with one attached hydrogen (secondary N) is 2. The highest BCUT2D eigenvalue weighted by Gasteiger charge is 2.30. The zero-order valence-electron chi connectivity index (χ0n) is 19.5. The number of unbranched alkanes of at least 4 members (excludes halogenated alkanes) is 2. The van der Waals surface area contributed by atoms with Gasteiger partial charge in [0.2, 0.25) is 5.91 Å². The van der Waals surface area contributed by atoms with E-state index in [2.05, 4.69) is 10.6 Å². The van der Waals surface area contributed by atoms with E-state index in [0.29, 0.717) is 19.3 Å². The van der Waals surface area contributed by atoms with Crippen molar-refractivity contribution >= 4 is 18.0 Å². The maximum Gasteiger partial charge on any atom is 0.407 e. The summed E-state index contributed by atoms with van der Waals surface area (Å²) in [4.78, 5) is 36.4. The predicted molar refractivity (Wildman–Crippen MR) is 128 cm³/mol. The number of rotatable bonds is 12. The highest BCUT2D eigenvalue weighted by Crippen LogP contribution is 2.44. The van der Waals surface area contributed by atoms with Gasteiger partial charge in [-0.1, -0.05) is 48.5 Å². The monoisotopic (exact) mass is 479 g/mol. The molecule has 2 amide bonds. The van der Waals surface area contributed by atoms with E-state index in [1.54, 1.807) is 0 Å². The van der Waals surface area contributed by atoms with Gasteiger partial charge in [-0.3, -0.25) is 4.79 Å². The van der Waals surface area contributed by atoms with Crippen molar-refractivity contribution < 1.29 is 29.0 Å². The Morgan fingerprint density at radius 3 is 2.26 bits per heavy atom. The molecular weight excluding hydrogens is 450 g/mol. The van der Waals surface area contributed by atoms with E-state index in [1.165, 1.54) is 7.11 Å². The molecule has 9 nitrogen and oxygen atoms in total. The van der Waals surface area contributed by atoms with E-state index in [4.69, 9.17) is 19.8 Å². The molecule has 0 fully saturated rings. The van der Waals surface area contributed by atoms with Gasteiger partial charge in [0.15, 0.2) is 6.10 Å². The molecule has 0 bridgehead atoms. The minimum atomic E-state index is -1.21. The molecule has 184 valence electrons. The lowest BCUT2D eigenvalue weighted by Crippen LogP contribution is -2.49. The summed E-state index contributed by atoms with van der Waals surface area (Å²) in [5.41, 5.74) is 4.37. The third-order valence-corrected chi connectivity index (χ3v) is 6.01. The second-order valence-corrected chi connectivity index (χ2v) is 8.23. The molecule has 0 heterocycles. The Hall–Kier alpha value is -3.90. The number of carbonyl (C=O) groups is 3. The van der Waals surface area contributed by atoms with E-state index >= 15 is 0 Å². The van der Waals surface area contributed by atoms with Crippen LogP contribution in [0.2, 0.25) is 0 Å². The minimum absolute atomic E-state index is 0.105. The topological polar surface area (TPSA) is 138 Å². The van der Waals surface area contributed by atoms with Crippen LogP contribution in [-0.2, 0) is 19.1 Å². The van der Waals surface area contributed by atoms with E-state index in [1.807, 2.05) is 54.6 Å². The summed E-state index contributed by atoms with van der Waals surface area (Å²) < 4.78 is 10.4. The first-order valence-electron chi connectivity index (χ1n) is 11.5. The highest BCUT2D eigenvalue weighted by atomic mass is 16.5. The molecule has 0 aromatic heterocycles. The Labute approximate surface area is 204 Å². The number of hydrogen-bond donors (Lipinski definition) is 3. The quantitative estimate of drug-likeness (QED) is 0.398. The number of alkyl carbamates (subject to hydrolysis) is 1. The summed E-state index contributed by atoms with van der Waals surface area (Å²) in [7, 11) is 1.24. The summed E-state index contributed by atoms with van der Waals surface area (Å²) in [6.45, 7) is -0.140. The standard InChI is InChI=1S/C26H29N3O6/c1-34-23(25(31)32)15-28-24(30)22(13-3-2-8-14-27)29-26(33)35-16-21-19-11-6-4-9-17(19)18-10-5-7-12-20(18)21/h4-7,9-12,21-23H,2-3,8,13,15-16H2,1H3,(H,28,30)(H,29,33)(H,31,32). The van der Waals surface area contributed by atoms with Crippen molar-refractivity contribution in [2.75, 3.05) is 20.3 Å². The molecule has 0 aliphatic heterocycles. The number of hydrogen-bond acceptors (Lipinski definition) is 6. The van der Waals surface area contributed by atoms with Crippen molar-refractivity contribution in [1.82, 2.24) is 10.6 Å². The average molecular weight is 480 g/mol. The molecule has 35 heavy (non-hydrogen) atoms. The molecule has 3 rings (SSSR count). The van der Waals surface area contributed by atoms with E-state index in [-0.39, 0.29) is 25.5 Å². The van der Waals surface area contributed by atoms with Crippen LogP contribution in [0.15, 0.2) is 48.5 Å². The summed E-state index contributed by atoms with van der Waals surface area (Å²) in [5, 5.41) is 22.9. The van der Waals surface area contributed by atoms with Crippen molar-refractivity contribution in [1.29, 1.82) is 5.26 Å². The third kappa shape index (κ3) is 6.58. The van der Waals surface area contributed by atoms with Crippen LogP contribution in [0.1, 0.15) is 42.7 Å². The second kappa shape index (κ2) is 12.5. The molecule has 9 heteroatoms. The molecule has 0 saturated carbocycles. The Morgan fingerprint density at radius 1 is 1.06 bits per heavy atom. The number of benzene rings is 2. The zero-order valence-corrected chi connectivity index (χ0v) is 19.5. The van der Waals surface area contributed by atoms with Gasteiger partial charge >= 0.3 is 12.1 Å². The first-order valence-corrected chi connectivity index (χ1v) is 11.5. The lowest BCUT2D eigenvalue weighted by Gasteiger charge is -2.20. The molecule has 3 N–H and O–H groups in total. The van der Waals surface area contributed by atoms with Crippen molar-refractivity contribution in [3.8, 4) is 17.2 Å². The number of fused-ring (bicyclic) bond motifs is 3.